The predicted molar refractivity (Wildman–Crippen MR) is 58.9 cm³/mol. The van der Waals surface area contributed by atoms with Crippen LogP contribution in [0.4, 0.5) is 0 Å². The zero-order valence-corrected chi connectivity index (χ0v) is 9.53. The zero-order valence-electron chi connectivity index (χ0n) is 7.37. The molecule has 2 N–H and O–H groups in total. The van der Waals surface area contributed by atoms with Crippen molar-refractivity contribution in [2.45, 2.75) is 0 Å². The van der Waals surface area contributed by atoms with Crippen molar-refractivity contribution in [3.63, 3.8) is 0 Å². The van der Waals surface area contributed by atoms with Gasteiger partial charge in [0.2, 0.25) is 0 Å². The van der Waals surface area contributed by atoms with Crippen LogP contribution in [0.3, 0.4) is 0 Å². The lowest BCUT2D eigenvalue weighted by atomic mass is 10.1. The summed E-state index contributed by atoms with van der Waals surface area (Å²) >= 11 is 2.01. The lowest BCUT2D eigenvalue weighted by Crippen LogP contribution is -2.13. The molecule has 1 aromatic rings. The van der Waals surface area contributed by atoms with Crippen LogP contribution in [0.5, 0.6) is 5.75 Å². The molecule has 0 aliphatic rings. The summed E-state index contributed by atoms with van der Waals surface area (Å²) in [6, 6.07) is 5.16. The summed E-state index contributed by atoms with van der Waals surface area (Å²) in [4.78, 5) is 11.0. The Balaban J connectivity index is 3.49. The van der Waals surface area contributed by atoms with E-state index in [1.165, 1.54) is 7.11 Å². The Labute approximate surface area is 94.8 Å². The highest BCUT2D eigenvalue weighted by molar-refractivity contribution is 14.1. The molecule has 0 aromatic heterocycles. The molecule has 0 radical (unpaired) electrons. The summed E-state index contributed by atoms with van der Waals surface area (Å²) in [5, 5.41) is 8.79. The highest BCUT2D eigenvalue weighted by atomic mass is 127. The van der Waals surface area contributed by atoms with Crippen molar-refractivity contribution in [2.24, 2.45) is 5.73 Å². The minimum absolute atomic E-state index is 0.232. The van der Waals surface area contributed by atoms with E-state index in [9.17, 15) is 4.79 Å². The van der Waals surface area contributed by atoms with Crippen molar-refractivity contribution in [3.05, 3.63) is 26.8 Å². The van der Waals surface area contributed by atoms with Crippen LogP contribution in [0, 0.1) is 14.9 Å². The summed E-state index contributed by atoms with van der Waals surface area (Å²) in [6.45, 7) is 0. The molecule has 0 heterocycles. The molecule has 0 fully saturated rings. The summed E-state index contributed by atoms with van der Waals surface area (Å²) < 4.78 is 5.73. The van der Waals surface area contributed by atoms with Crippen molar-refractivity contribution in [2.75, 3.05) is 7.11 Å². The smallest absolute Gasteiger partial charge is 0.252 e. The van der Waals surface area contributed by atoms with Crippen LogP contribution in [0.15, 0.2) is 12.1 Å². The summed E-state index contributed by atoms with van der Waals surface area (Å²) in [5.41, 5.74) is 5.70. The number of nitrogens with two attached hydrogens (primary N) is 1. The molecule has 0 spiro atoms. The molecule has 0 unspecified atom stereocenters. The van der Waals surface area contributed by atoms with Crippen molar-refractivity contribution < 1.29 is 9.53 Å². The molecule has 72 valence electrons. The second-order valence-electron chi connectivity index (χ2n) is 2.51. The Morgan fingerprint density at radius 2 is 2.29 bits per heavy atom. The van der Waals surface area contributed by atoms with Crippen LogP contribution in [-0.4, -0.2) is 13.0 Å². The van der Waals surface area contributed by atoms with Gasteiger partial charge in [-0.1, -0.05) is 0 Å². The lowest BCUT2D eigenvalue weighted by molar-refractivity contribution is 0.0997. The molecule has 0 aliphatic carbocycles. The van der Waals surface area contributed by atoms with Gasteiger partial charge in [-0.2, -0.15) is 5.26 Å². The maximum atomic E-state index is 11.0. The monoisotopic (exact) mass is 302 g/mol. The first kappa shape index (κ1) is 10.8. The molecule has 1 amide bonds. The second kappa shape index (κ2) is 4.28. The van der Waals surface area contributed by atoms with Gasteiger partial charge in [0.1, 0.15) is 11.8 Å². The Hall–Kier alpha value is -1.29. The van der Waals surface area contributed by atoms with Gasteiger partial charge in [-0.05, 0) is 34.7 Å². The van der Waals surface area contributed by atoms with Crippen LogP contribution >= 0.6 is 22.6 Å². The molecule has 0 aliphatic heterocycles. The first-order valence-corrected chi connectivity index (χ1v) is 4.75. The zero-order chi connectivity index (χ0) is 10.7. The maximum Gasteiger partial charge on any atom is 0.252 e. The number of carbonyl (C=O) groups is 1. The van der Waals surface area contributed by atoms with Crippen LogP contribution in [0.25, 0.3) is 0 Å². The number of hydrogen-bond donors (Lipinski definition) is 1. The third-order valence-electron chi connectivity index (χ3n) is 1.64. The van der Waals surface area contributed by atoms with Gasteiger partial charge in [-0.15, -0.1) is 0 Å². The number of carbonyl (C=O) groups excluding carboxylic acids is 1. The van der Waals surface area contributed by atoms with Crippen molar-refractivity contribution in [3.8, 4) is 11.8 Å². The van der Waals surface area contributed by atoms with E-state index in [0.717, 1.165) is 3.57 Å². The average Bonchev–Trinajstić information content (AvgIpc) is 2.16. The van der Waals surface area contributed by atoms with Gasteiger partial charge in [0, 0.05) is 3.57 Å². The third-order valence-corrected chi connectivity index (χ3v) is 2.27. The van der Waals surface area contributed by atoms with E-state index < -0.39 is 5.91 Å². The molecule has 5 heteroatoms. The average molecular weight is 302 g/mol. The fraction of sp³-hybridized carbons (Fsp3) is 0.111. The van der Waals surface area contributed by atoms with Crippen LogP contribution in [-0.2, 0) is 0 Å². The number of ether oxygens (including phenoxy) is 1. The number of nitrogens with zero attached hydrogens (tertiary/aromatic N) is 1. The third kappa shape index (κ3) is 1.96. The number of rotatable bonds is 2. The van der Waals surface area contributed by atoms with E-state index in [2.05, 4.69) is 0 Å². The van der Waals surface area contributed by atoms with Crippen molar-refractivity contribution >= 4 is 28.5 Å². The topological polar surface area (TPSA) is 76.1 Å². The van der Waals surface area contributed by atoms with E-state index in [0.29, 0.717) is 5.56 Å². The first-order chi connectivity index (χ1) is 6.60. The number of amides is 1. The summed E-state index contributed by atoms with van der Waals surface area (Å²) in [6.07, 6.45) is 0. The Kier molecular flexibility index (Phi) is 3.30. The molecule has 0 atom stereocenters. The second-order valence-corrected chi connectivity index (χ2v) is 3.76. The van der Waals surface area contributed by atoms with Crippen LogP contribution in [0.1, 0.15) is 15.9 Å². The Morgan fingerprint density at radius 1 is 1.64 bits per heavy atom. The Morgan fingerprint density at radius 3 is 2.71 bits per heavy atom. The minimum atomic E-state index is -0.600. The van der Waals surface area contributed by atoms with E-state index in [4.69, 9.17) is 15.7 Å². The van der Waals surface area contributed by atoms with E-state index >= 15 is 0 Å². The van der Waals surface area contributed by atoms with Gasteiger partial charge >= 0.3 is 0 Å². The number of hydrogen-bond acceptors (Lipinski definition) is 3. The Bertz CT molecular complexity index is 424. The normalized spacial score (nSPS) is 9.21. The van der Waals surface area contributed by atoms with Gasteiger partial charge in [0.05, 0.1) is 18.2 Å². The molecule has 14 heavy (non-hydrogen) atoms. The van der Waals surface area contributed by atoms with E-state index in [-0.39, 0.29) is 11.3 Å². The first-order valence-electron chi connectivity index (χ1n) is 3.67. The number of nitriles is 1. The standard InChI is InChI=1S/C9H7IN2O2/c1-14-8-5(4-11)2-6(10)3-7(8)9(12)13/h2-3H,1H3,(H2,12,13). The largest absolute Gasteiger partial charge is 0.495 e. The van der Waals surface area contributed by atoms with Gasteiger partial charge in [-0.3, -0.25) is 4.79 Å². The number of primary amides is 1. The quantitative estimate of drug-likeness (QED) is 0.836. The minimum Gasteiger partial charge on any atom is -0.495 e. The number of methoxy groups -OCH3 is 1. The van der Waals surface area contributed by atoms with E-state index in [1.807, 2.05) is 28.7 Å². The molecular weight excluding hydrogens is 295 g/mol. The molecule has 0 bridgehead atoms. The molecule has 0 saturated carbocycles. The van der Waals surface area contributed by atoms with Gasteiger partial charge in [-0.25, -0.2) is 0 Å². The highest BCUT2D eigenvalue weighted by Crippen LogP contribution is 2.25. The lowest BCUT2D eigenvalue weighted by Gasteiger charge is -2.07. The summed E-state index contributed by atoms with van der Waals surface area (Å²) in [5.74, 6) is -0.364. The highest BCUT2D eigenvalue weighted by Gasteiger charge is 2.14. The van der Waals surface area contributed by atoms with Crippen molar-refractivity contribution in [1.29, 1.82) is 5.26 Å². The van der Waals surface area contributed by atoms with Crippen LogP contribution < -0.4 is 10.5 Å². The fourth-order valence-corrected chi connectivity index (χ4v) is 1.70. The van der Waals surface area contributed by atoms with Crippen LogP contribution in [0.2, 0.25) is 0 Å². The predicted octanol–water partition coefficient (Wildman–Crippen LogP) is 1.27. The van der Waals surface area contributed by atoms with Crippen molar-refractivity contribution in [1.82, 2.24) is 0 Å². The SMILES string of the molecule is COc1c(C#N)cc(I)cc1C(N)=O. The summed E-state index contributed by atoms with van der Waals surface area (Å²) in [7, 11) is 1.40. The maximum absolute atomic E-state index is 11.0. The molecule has 1 rings (SSSR count). The molecule has 1 aromatic carbocycles. The van der Waals surface area contributed by atoms with Gasteiger partial charge in [0.25, 0.3) is 5.91 Å². The fourth-order valence-electron chi connectivity index (χ4n) is 1.08. The molecular formula is C9H7IN2O2. The van der Waals surface area contributed by atoms with E-state index in [1.54, 1.807) is 12.1 Å². The van der Waals surface area contributed by atoms with Gasteiger partial charge < -0.3 is 10.5 Å². The molecule has 0 saturated heterocycles. The number of benzene rings is 1. The molecule has 4 nitrogen and oxygen atoms in total. The van der Waals surface area contributed by atoms with Gasteiger partial charge in [0.15, 0.2) is 0 Å². The number of halogens is 1.